The van der Waals surface area contributed by atoms with Crippen LogP contribution in [0.5, 0.6) is 5.75 Å². The molecule has 2 aromatic rings. The molecule has 1 saturated carbocycles. The van der Waals surface area contributed by atoms with Gasteiger partial charge in [-0.1, -0.05) is 48.9 Å². The lowest BCUT2D eigenvalue weighted by atomic mass is 9.73. The van der Waals surface area contributed by atoms with Crippen LogP contribution in [-0.2, 0) is 14.1 Å². The van der Waals surface area contributed by atoms with Gasteiger partial charge in [0.15, 0.2) is 0 Å². The van der Waals surface area contributed by atoms with E-state index in [4.69, 9.17) is 4.74 Å². The van der Waals surface area contributed by atoms with E-state index in [1.807, 2.05) is 6.07 Å². The van der Waals surface area contributed by atoms with E-state index in [0.717, 1.165) is 18.6 Å². The second-order valence-corrected chi connectivity index (χ2v) is 11.1. The second-order valence-electron chi connectivity index (χ2n) is 7.97. The molecule has 0 N–H and O–H groups in total. The van der Waals surface area contributed by atoms with Gasteiger partial charge >= 0.3 is 0 Å². The molecular formula is C23H29O2S+. The van der Waals surface area contributed by atoms with Crippen LogP contribution in [0.25, 0.3) is 0 Å². The molecule has 0 bridgehead atoms. The number of methoxy groups -OCH3 is 1. The standard InChI is InChI=1S/C23H29O2S/c1-25-19-14-12-17(13-15-19)21-16-23(18-8-4-3-5-9-18)26(2,24)22-11-7-6-10-20(21)22/h3-5,8-9,12-15,20-23H,6-7,10-11,16H2,1-2H3/q+1. The van der Waals surface area contributed by atoms with Gasteiger partial charge in [-0.2, -0.15) is 0 Å². The summed E-state index contributed by atoms with van der Waals surface area (Å²) in [6, 6.07) is 19.1. The Balaban J connectivity index is 1.74. The zero-order chi connectivity index (χ0) is 18.1. The van der Waals surface area contributed by atoms with Gasteiger partial charge in [0.25, 0.3) is 0 Å². The highest BCUT2D eigenvalue weighted by Gasteiger charge is 2.55. The van der Waals surface area contributed by atoms with Crippen LogP contribution in [0, 0.1) is 5.92 Å². The number of benzene rings is 2. The number of ether oxygens (including phenoxy) is 1. The number of hydrogen-bond donors (Lipinski definition) is 0. The number of rotatable bonds is 3. The van der Waals surface area contributed by atoms with Crippen molar-refractivity contribution in [3.63, 3.8) is 0 Å². The van der Waals surface area contributed by atoms with Gasteiger partial charge in [-0.25, -0.2) is 0 Å². The molecule has 26 heavy (non-hydrogen) atoms. The van der Waals surface area contributed by atoms with Crippen LogP contribution < -0.4 is 4.74 Å². The average molecular weight is 370 g/mol. The minimum absolute atomic E-state index is 0.162. The highest BCUT2D eigenvalue weighted by atomic mass is 32.2. The van der Waals surface area contributed by atoms with Gasteiger partial charge in [0, 0.05) is 17.9 Å². The molecule has 1 saturated heterocycles. The molecule has 138 valence electrons. The molecule has 1 heterocycles. The minimum Gasteiger partial charge on any atom is -0.497 e. The number of fused-ring (bicyclic) bond motifs is 1. The molecule has 4 rings (SSSR count). The van der Waals surface area contributed by atoms with E-state index in [0.29, 0.717) is 17.1 Å². The summed E-state index contributed by atoms with van der Waals surface area (Å²) in [5.41, 5.74) is 2.64. The van der Waals surface area contributed by atoms with Crippen molar-refractivity contribution in [2.75, 3.05) is 13.4 Å². The van der Waals surface area contributed by atoms with Crippen LogP contribution in [0.3, 0.4) is 0 Å². The van der Waals surface area contributed by atoms with Crippen LogP contribution in [0.2, 0.25) is 0 Å². The third-order valence-electron chi connectivity index (χ3n) is 6.62. The third kappa shape index (κ3) is 3.11. The maximum Gasteiger partial charge on any atom is 0.147 e. The van der Waals surface area contributed by atoms with Crippen LogP contribution >= 0.6 is 0 Å². The zero-order valence-corrected chi connectivity index (χ0v) is 16.6. The maximum atomic E-state index is 14.0. The fourth-order valence-electron chi connectivity index (χ4n) is 5.28. The Morgan fingerprint density at radius 3 is 2.31 bits per heavy atom. The van der Waals surface area contributed by atoms with Crippen LogP contribution in [0.4, 0.5) is 0 Å². The average Bonchev–Trinajstić information content (AvgIpc) is 2.69. The lowest BCUT2D eigenvalue weighted by molar-refractivity contribution is 0.277. The first kappa shape index (κ1) is 17.8. The summed E-state index contributed by atoms with van der Waals surface area (Å²) in [6.45, 7) is 0. The van der Waals surface area contributed by atoms with Crippen molar-refractivity contribution in [1.29, 1.82) is 0 Å². The van der Waals surface area contributed by atoms with Crippen molar-refractivity contribution in [3.8, 4) is 5.75 Å². The Hall–Kier alpha value is -1.61. The van der Waals surface area contributed by atoms with Crippen molar-refractivity contribution in [3.05, 3.63) is 65.7 Å². The van der Waals surface area contributed by atoms with Gasteiger partial charge in [0.1, 0.15) is 22.5 Å². The van der Waals surface area contributed by atoms with Gasteiger partial charge in [0.2, 0.25) is 0 Å². The van der Waals surface area contributed by atoms with Gasteiger partial charge in [0.05, 0.1) is 17.0 Å². The molecule has 1 aliphatic carbocycles. The first-order chi connectivity index (χ1) is 12.6. The van der Waals surface area contributed by atoms with Crippen LogP contribution in [0.1, 0.15) is 54.4 Å². The second kappa shape index (κ2) is 7.19. The largest absolute Gasteiger partial charge is 0.497 e. The molecule has 2 fully saturated rings. The lowest BCUT2D eigenvalue weighted by Gasteiger charge is -2.44. The molecule has 0 spiro atoms. The van der Waals surface area contributed by atoms with Gasteiger partial charge in [-0.15, -0.1) is 4.21 Å². The van der Waals surface area contributed by atoms with E-state index in [1.165, 1.54) is 30.4 Å². The Kier molecular flexibility index (Phi) is 4.92. The van der Waals surface area contributed by atoms with Crippen molar-refractivity contribution < 1.29 is 8.95 Å². The summed E-state index contributed by atoms with van der Waals surface area (Å²) in [7, 11) is -0.193. The predicted molar refractivity (Wildman–Crippen MR) is 109 cm³/mol. The molecule has 0 aromatic heterocycles. The van der Waals surface area contributed by atoms with Gasteiger partial charge < -0.3 is 4.74 Å². The SMILES string of the molecule is COc1ccc(C2CC(c3ccccc3)[S+](C)(=O)C3CCCCC23)cc1. The maximum absolute atomic E-state index is 14.0. The molecule has 2 aliphatic rings. The van der Waals surface area contributed by atoms with Gasteiger partial charge in [-0.05, 0) is 42.9 Å². The Bertz CT molecular complexity index is 784. The summed E-state index contributed by atoms with van der Waals surface area (Å²) in [5, 5.41) is 0.512. The Labute approximate surface area is 158 Å². The highest BCUT2D eigenvalue weighted by molar-refractivity contribution is 8.03. The topological polar surface area (TPSA) is 26.3 Å². The normalized spacial score (nSPS) is 34.1. The molecule has 0 radical (unpaired) electrons. The summed E-state index contributed by atoms with van der Waals surface area (Å²) >= 11 is 0. The van der Waals surface area contributed by atoms with E-state index < -0.39 is 9.93 Å². The summed E-state index contributed by atoms with van der Waals surface area (Å²) in [6.07, 6.45) is 7.90. The van der Waals surface area contributed by atoms with E-state index >= 15 is 0 Å². The van der Waals surface area contributed by atoms with E-state index in [9.17, 15) is 4.21 Å². The Morgan fingerprint density at radius 2 is 1.62 bits per heavy atom. The van der Waals surface area contributed by atoms with Crippen molar-refractivity contribution >= 4 is 9.93 Å². The molecule has 5 unspecified atom stereocenters. The molecule has 0 amide bonds. The fraction of sp³-hybridized carbons (Fsp3) is 0.478. The first-order valence-corrected chi connectivity index (χ1v) is 11.9. The summed E-state index contributed by atoms with van der Waals surface area (Å²) < 4.78 is 19.3. The van der Waals surface area contributed by atoms with Crippen molar-refractivity contribution in [2.24, 2.45) is 5.92 Å². The minimum atomic E-state index is -1.91. The van der Waals surface area contributed by atoms with Gasteiger partial charge in [-0.3, -0.25) is 0 Å². The predicted octanol–water partition coefficient (Wildman–Crippen LogP) is 5.61. The number of hydrogen-bond acceptors (Lipinski definition) is 2. The zero-order valence-electron chi connectivity index (χ0n) is 15.8. The third-order valence-corrected chi connectivity index (χ3v) is 10.0. The summed E-state index contributed by atoms with van der Waals surface area (Å²) in [5.74, 6) is 1.95. The quantitative estimate of drug-likeness (QED) is 0.657. The molecule has 2 aromatic carbocycles. The molecular weight excluding hydrogens is 340 g/mol. The first-order valence-electron chi connectivity index (χ1n) is 9.77. The molecule has 1 aliphatic heterocycles. The van der Waals surface area contributed by atoms with Crippen LogP contribution in [-0.4, -0.2) is 18.6 Å². The van der Waals surface area contributed by atoms with Crippen LogP contribution in [0.15, 0.2) is 54.6 Å². The monoisotopic (exact) mass is 369 g/mol. The smallest absolute Gasteiger partial charge is 0.147 e. The van der Waals surface area contributed by atoms with Crippen molar-refractivity contribution in [1.82, 2.24) is 0 Å². The van der Waals surface area contributed by atoms with E-state index in [1.54, 1.807) is 7.11 Å². The Morgan fingerprint density at radius 1 is 0.923 bits per heavy atom. The van der Waals surface area contributed by atoms with E-state index in [2.05, 4.69) is 54.8 Å². The molecule has 3 heteroatoms. The fourth-order valence-corrected chi connectivity index (χ4v) is 8.65. The van der Waals surface area contributed by atoms with Crippen molar-refractivity contribution in [2.45, 2.75) is 48.5 Å². The summed E-state index contributed by atoms with van der Waals surface area (Å²) in [4.78, 5) is 0. The lowest BCUT2D eigenvalue weighted by Crippen LogP contribution is -2.47. The van der Waals surface area contributed by atoms with E-state index in [-0.39, 0.29) is 5.25 Å². The molecule has 5 atom stereocenters. The molecule has 2 nitrogen and oxygen atoms in total. The highest BCUT2D eigenvalue weighted by Crippen LogP contribution is 2.54.